The number of aromatic hydroxyl groups is 2. The monoisotopic (exact) mass is 2010 g/mol. The fourth-order valence-corrected chi connectivity index (χ4v) is 17.6. The molecule has 0 aliphatic carbocycles. The molecular formula is C94H154N20O24S2. The van der Waals surface area contributed by atoms with Gasteiger partial charge >= 0.3 is 0 Å². The fourth-order valence-electron chi connectivity index (χ4n) is 15.1. The van der Waals surface area contributed by atoms with E-state index in [4.69, 9.17) is 57.3 Å². The Morgan fingerprint density at radius 1 is 0.357 bits per heavy atom. The number of carbonyl (C=O) groups is 18. The summed E-state index contributed by atoms with van der Waals surface area (Å²) >= 11 is 0. The van der Waals surface area contributed by atoms with Gasteiger partial charge in [0.15, 0.2) is 52.4 Å². The molecular weight excluding hydrogens is 1860 g/mol. The quantitative estimate of drug-likeness (QED) is 0.0141. The van der Waals surface area contributed by atoms with Gasteiger partial charge < -0.3 is 131 Å². The summed E-state index contributed by atoms with van der Waals surface area (Å²) in [6, 6.07) is -0.960. The first-order valence-corrected chi connectivity index (χ1v) is 50.0. The van der Waals surface area contributed by atoms with Crippen LogP contribution in [0.4, 0.5) is 0 Å². The Balaban J connectivity index is 2.46. The van der Waals surface area contributed by atoms with Gasteiger partial charge in [0.2, 0.25) is 59.1 Å². The summed E-state index contributed by atoms with van der Waals surface area (Å²) in [4.78, 5) is 258. The molecule has 10 amide bonds. The van der Waals surface area contributed by atoms with Gasteiger partial charge in [0.1, 0.15) is 35.4 Å². The molecule has 46 heteroatoms. The number of primary amides is 2. The maximum Gasteiger partial charge on any atom is 0.240 e. The molecule has 0 aliphatic heterocycles. The SMILES string of the molecule is CC(C)C[C@H](CC(=O)[C@H](CO)NC(=O)[C@@H](CC(=O)CNC(=O)[C@@H](N)CCCCN)C(C)C)C(=O)N[C@@H](CO)C(=O)C[C@@H](Cc1ccc(O)cc1)C(=O)N[C@@H](CCCN=C(N)N)C(=O)C[C@@H](CSSCC(NC(=O)[C@@H](CCCN=C(N)N)CC(=O)[C@@H](Cc1ccc(O)cc1)NC(=O)[C@@H](CO)CC(=O)[C@@H](CC(C)C)NC(=O)[C@@H](CO)CC(=O)[C@H](NC(=O)CCC(=O)[C@H](N)CCCCN)C(C)C)C(N)=O)C(N)=O. The van der Waals surface area contributed by atoms with Crippen LogP contribution in [-0.4, -0.2) is 273 Å². The zero-order valence-electron chi connectivity index (χ0n) is 81.7. The number of hydrogen-bond acceptors (Lipinski definition) is 32. The van der Waals surface area contributed by atoms with E-state index >= 15 is 0 Å². The van der Waals surface area contributed by atoms with Crippen molar-refractivity contribution < 1.29 is 117 Å². The number of nitrogens with one attached hydrogen (secondary N) is 8. The molecule has 2 aromatic carbocycles. The zero-order chi connectivity index (χ0) is 106. The van der Waals surface area contributed by atoms with E-state index in [2.05, 4.69) is 52.5 Å². The lowest BCUT2D eigenvalue weighted by Gasteiger charge is -2.26. The van der Waals surface area contributed by atoms with Crippen LogP contribution in [0, 0.1) is 65.1 Å². The van der Waals surface area contributed by atoms with Crippen molar-refractivity contribution in [1.29, 1.82) is 0 Å². The van der Waals surface area contributed by atoms with E-state index < -0.39 is 279 Å². The van der Waals surface area contributed by atoms with Gasteiger partial charge in [-0.2, -0.15) is 0 Å². The van der Waals surface area contributed by atoms with Crippen LogP contribution in [0.3, 0.4) is 0 Å². The summed E-state index contributed by atoms with van der Waals surface area (Å²) in [6.45, 7) is 9.99. The lowest BCUT2D eigenvalue weighted by molar-refractivity contribution is -0.137. The second-order valence-electron chi connectivity index (χ2n) is 36.9. The smallest absolute Gasteiger partial charge is 0.240 e. The third-order valence-corrected chi connectivity index (χ3v) is 25.9. The molecule has 1 unspecified atom stereocenters. The molecule has 44 nitrogen and oxygen atoms in total. The lowest BCUT2D eigenvalue weighted by Crippen LogP contribution is -2.50. The van der Waals surface area contributed by atoms with Crippen molar-refractivity contribution in [3.05, 3.63) is 59.7 Å². The molecule has 16 atom stereocenters. The van der Waals surface area contributed by atoms with Crippen molar-refractivity contribution in [2.45, 2.75) is 257 Å². The highest BCUT2D eigenvalue weighted by atomic mass is 33.1. The van der Waals surface area contributed by atoms with Crippen molar-refractivity contribution in [3.8, 4) is 11.5 Å². The first-order valence-electron chi connectivity index (χ1n) is 47.5. The molecule has 0 aromatic heterocycles. The van der Waals surface area contributed by atoms with Gasteiger partial charge in [-0.05, 0) is 149 Å². The highest BCUT2D eigenvalue weighted by molar-refractivity contribution is 8.76. The van der Waals surface area contributed by atoms with Crippen LogP contribution in [0.2, 0.25) is 0 Å². The number of phenols is 2. The minimum absolute atomic E-state index is 0.0107. The molecule has 0 aliphatic rings. The van der Waals surface area contributed by atoms with Crippen molar-refractivity contribution in [3.63, 3.8) is 0 Å². The number of aliphatic imine (C=N–C) groups is 2. The number of nitrogens with two attached hydrogens (primary N) is 10. The van der Waals surface area contributed by atoms with Crippen LogP contribution < -0.4 is 99.9 Å². The number of Topliss-reactive ketones (excluding diaryl/α,β-unsaturated/α-hetero) is 8. The molecule has 0 spiro atoms. The number of amides is 10. The number of phenolic OH excluding ortho intramolecular Hbond substituents is 2. The maximum atomic E-state index is 14.9. The van der Waals surface area contributed by atoms with E-state index in [1.165, 1.54) is 48.5 Å². The second-order valence-corrected chi connectivity index (χ2v) is 39.5. The molecule has 0 bridgehead atoms. The van der Waals surface area contributed by atoms with Gasteiger partial charge in [-0.3, -0.25) is 96.3 Å². The number of ketones is 8. The van der Waals surface area contributed by atoms with Crippen LogP contribution in [-0.2, 0) is 99.1 Å². The van der Waals surface area contributed by atoms with Crippen molar-refractivity contribution in [2.24, 2.45) is 132 Å². The van der Waals surface area contributed by atoms with Crippen molar-refractivity contribution >= 4 is 139 Å². The number of aliphatic hydroxyl groups excluding tert-OH is 4. The molecule has 140 heavy (non-hydrogen) atoms. The van der Waals surface area contributed by atoms with Crippen molar-refractivity contribution in [1.82, 2.24) is 42.5 Å². The van der Waals surface area contributed by atoms with Crippen LogP contribution in [0.25, 0.3) is 0 Å². The van der Waals surface area contributed by atoms with Gasteiger partial charge in [0.25, 0.3) is 0 Å². The number of hydrogen-bond donors (Lipinski definition) is 24. The number of unbranched alkanes of at least 4 members (excludes halogenated alkanes) is 2. The first kappa shape index (κ1) is 125. The van der Waals surface area contributed by atoms with E-state index in [9.17, 15) is 117 Å². The van der Waals surface area contributed by atoms with E-state index in [1.54, 1.807) is 55.4 Å². The molecule has 0 radical (unpaired) electrons. The summed E-state index contributed by atoms with van der Waals surface area (Å²) in [5.41, 5.74) is 58.0. The maximum absolute atomic E-state index is 14.9. The van der Waals surface area contributed by atoms with Gasteiger partial charge in [-0.15, -0.1) is 0 Å². The predicted octanol–water partition coefficient (Wildman–Crippen LogP) is -2.48. The van der Waals surface area contributed by atoms with Gasteiger partial charge in [-0.25, -0.2) is 0 Å². The molecule has 0 saturated carbocycles. The Morgan fingerprint density at radius 3 is 1.26 bits per heavy atom. The van der Waals surface area contributed by atoms with Crippen molar-refractivity contribution in [2.75, 3.05) is 70.7 Å². The normalized spacial score (nSPS) is 14.9. The Morgan fingerprint density at radius 2 is 0.771 bits per heavy atom. The van der Waals surface area contributed by atoms with Crippen LogP contribution in [0.15, 0.2) is 58.5 Å². The Bertz CT molecular complexity index is 4140. The van der Waals surface area contributed by atoms with E-state index in [0.29, 0.717) is 62.7 Å². The Kier molecular flexibility index (Phi) is 60.2. The number of aliphatic hydroxyl groups is 4. The standard InChI is InChI=1S/C94H154N20O24S2/c1-51(2)33-58(38-79(126)73(48-118)112-91(137)66(53(5)6)43-65(121)44-107-92(138)68(98)17-10-12-30-96)87(133)111-72(47-117)80(127)39-59(35-55-19-23-63(119)24-20-55)88(134)108-69(18-14-32-106-94(103)104)76(123)42-62(84(99)130)49-139-140-50-74(85(100)131)113-86(132)57(15-13-31-105-93(101)102)37-77(124)71(36-56-21-25-64(120)26-22-56)110-89(135)60(45-115)40-78(125)70(34-52(3)4)109-90(136)61(46-116)41-81(128)83(54(7)8)114-82(129)28-27-75(122)67(97)16-9-11-29-95/h19-26,51-54,57-62,66-74,83,115-120H,9-18,27-50,95-98H2,1-8H3,(H2,99,130)(H2,100,131)(H,107,138)(H,108,134)(H,109,136)(H,110,135)(H,111,133)(H,112,137)(H,113,132)(H,114,129)(H4,101,102,105)(H4,103,104,106)/t57-,58+,59+,60+,61+,62-,66-,67+,68-,69-,70+,71+,72-,73-,74?,83+/m0/s1. The van der Waals surface area contributed by atoms with Gasteiger partial charge in [-0.1, -0.05) is 114 Å². The van der Waals surface area contributed by atoms with Crippen LogP contribution in [0.1, 0.15) is 201 Å². The third-order valence-electron chi connectivity index (χ3n) is 23.4. The molecule has 2 rings (SSSR count). The van der Waals surface area contributed by atoms with E-state index in [-0.39, 0.29) is 136 Å². The topological polar surface area (TPSA) is 810 Å². The number of benzene rings is 2. The minimum Gasteiger partial charge on any atom is -0.508 e. The molecule has 0 fully saturated rings. The summed E-state index contributed by atoms with van der Waals surface area (Å²) in [5, 5.41) is 83.4. The molecule has 2 aromatic rings. The van der Waals surface area contributed by atoms with E-state index in [0.717, 1.165) is 21.6 Å². The van der Waals surface area contributed by atoms with Gasteiger partial charge in [0.05, 0.1) is 87.0 Å². The summed E-state index contributed by atoms with van der Waals surface area (Å²) in [5.74, 6) is -26.6. The molecule has 0 heterocycles. The highest BCUT2D eigenvalue weighted by Gasteiger charge is 2.40. The first-order chi connectivity index (χ1) is 66.0. The highest BCUT2D eigenvalue weighted by Crippen LogP contribution is 2.30. The Hall–Kier alpha value is -11.0. The summed E-state index contributed by atoms with van der Waals surface area (Å²) < 4.78 is 0. The lowest BCUT2D eigenvalue weighted by atomic mass is 9.87. The summed E-state index contributed by atoms with van der Waals surface area (Å²) in [6.07, 6.45) is -2.29. The van der Waals surface area contributed by atoms with Crippen LogP contribution >= 0.6 is 21.6 Å². The minimum atomic E-state index is -1.72. The number of rotatable bonds is 77. The van der Waals surface area contributed by atoms with Gasteiger partial charge in [0, 0.05) is 106 Å². The van der Waals surface area contributed by atoms with Crippen LogP contribution in [0.5, 0.6) is 11.5 Å². The average molecular weight is 2010 g/mol. The number of guanidine groups is 2. The summed E-state index contributed by atoms with van der Waals surface area (Å²) in [7, 11) is 1.83. The third kappa shape index (κ3) is 49.4. The predicted molar refractivity (Wildman–Crippen MR) is 528 cm³/mol. The molecule has 0 saturated heterocycles. The zero-order valence-corrected chi connectivity index (χ0v) is 83.4. The largest absolute Gasteiger partial charge is 0.508 e. The average Bonchev–Trinajstić information content (AvgIpc) is 0.855. The number of nitrogens with zero attached hydrogens (tertiary/aromatic N) is 2. The molecule has 34 N–H and O–H groups in total. The fraction of sp³-hybridized carbons (Fsp3) is 0.660. The Labute approximate surface area is 825 Å². The van der Waals surface area contributed by atoms with E-state index in [1.807, 2.05) is 0 Å². The molecule has 786 valence electrons. The number of carbonyl (C=O) groups excluding carboxylic acids is 18. The second kappa shape index (κ2) is 67.4.